The zero-order chi connectivity index (χ0) is 19.4. The highest BCUT2D eigenvalue weighted by Crippen LogP contribution is 2.43. The van der Waals surface area contributed by atoms with E-state index in [1.54, 1.807) is 10.7 Å². The molecule has 0 saturated heterocycles. The Morgan fingerprint density at radius 1 is 1.14 bits per heavy atom. The lowest BCUT2D eigenvalue weighted by Gasteiger charge is -2.25. The molecule has 0 saturated carbocycles. The number of H-pyrrole nitrogens is 1. The average molecular weight is 412 g/mol. The molecule has 2 N–H and O–H groups in total. The Balaban J connectivity index is 1.70. The van der Waals surface area contributed by atoms with Crippen molar-refractivity contribution in [2.24, 2.45) is 0 Å². The lowest BCUT2D eigenvalue weighted by atomic mass is 9.86. The third-order valence-electron chi connectivity index (χ3n) is 5.04. The number of carbonyl (C=O) groups excluding carboxylic acids is 1. The number of fused-ring (bicyclic) bond motifs is 2. The van der Waals surface area contributed by atoms with Crippen LogP contribution in [0.5, 0.6) is 0 Å². The number of aromatic amines is 1. The first-order valence-electron chi connectivity index (χ1n) is 8.81. The van der Waals surface area contributed by atoms with Gasteiger partial charge in [0, 0.05) is 17.9 Å². The number of carbonyl (C=O) groups is 1. The molecule has 28 heavy (non-hydrogen) atoms. The molecule has 6 nitrogen and oxygen atoms in total. The second kappa shape index (κ2) is 6.36. The Morgan fingerprint density at radius 3 is 2.79 bits per heavy atom. The molecule has 2 aromatic carbocycles. The topological polar surface area (TPSA) is 75.6 Å². The minimum absolute atomic E-state index is 0.106. The number of nitrogens with one attached hydrogen (secondary N) is 2. The van der Waals surface area contributed by atoms with E-state index >= 15 is 0 Å². The molecule has 3 heterocycles. The zero-order valence-electron chi connectivity index (χ0n) is 14.8. The quantitative estimate of drug-likeness (QED) is 0.495. The zero-order valence-corrected chi connectivity index (χ0v) is 16.3. The van der Waals surface area contributed by atoms with E-state index in [0.29, 0.717) is 21.8 Å². The highest BCUT2D eigenvalue weighted by molar-refractivity contribution is 6.42. The van der Waals surface area contributed by atoms with Crippen LogP contribution < -0.4 is 5.32 Å². The van der Waals surface area contributed by atoms with Crippen LogP contribution in [0.25, 0.3) is 17.0 Å². The average Bonchev–Trinajstić information content (AvgIpc) is 3.24. The van der Waals surface area contributed by atoms with Crippen molar-refractivity contribution in [2.75, 3.05) is 5.32 Å². The second-order valence-corrected chi connectivity index (χ2v) is 7.57. The summed E-state index contributed by atoms with van der Waals surface area (Å²) in [5, 5.41) is 8.53. The maximum atomic E-state index is 12.5. The van der Waals surface area contributed by atoms with Crippen molar-refractivity contribution in [3.63, 3.8) is 0 Å². The third-order valence-corrected chi connectivity index (χ3v) is 5.87. The second-order valence-electron chi connectivity index (χ2n) is 6.78. The summed E-state index contributed by atoms with van der Waals surface area (Å²) < 4.78 is 1.65. The van der Waals surface area contributed by atoms with Crippen LogP contribution in [0.3, 0.4) is 0 Å². The number of halogens is 2. The number of nitrogens with zero attached hydrogens (tertiary/aromatic N) is 3. The summed E-state index contributed by atoms with van der Waals surface area (Å²) in [6.45, 7) is 1.92. The van der Waals surface area contributed by atoms with Gasteiger partial charge in [-0.15, -0.1) is 0 Å². The standard InChI is InChI=1S/C20H15Cl2N5O/c1-10-17-12(11-5-4-6-13(21)18(11)22)9-16(28)25-19(17)27(26-10)20-23-14-7-2-3-8-15(14)24-20/h2-8,12H,9H2,1H3,(H,23,24)(H,25,28)/t12-/m0/s1. The smallest absolute Gasteiger partial charge is 0.231 e. The van der Waals surface area contributed by atoms with Gasteiger partial charge in [0.05, 0.1) is 26.8 Å². The van der Waals surface area contributed by atoms with Crippen molar-refractivity contribution >= 4 is 46.0 Å². The molecule has 0 bridgehead atoms. The Labute approximate surface area is 170 Å². The van der Waals surface area contributed by atoms with Crippen molar-refractivity contribution < 1.29 is 4.79 Å². The van der Waals surface area contributed by atoms with E-state index in [2.05, 4.69) is 20.4 Å². The van der Waals surface area contributed by atoms with Crippen molar-refractivity contribution in [1.29, 1.82) is 0 Å². The fraction of sp³-hybridized carbons (Fsp3) is 0.150. The van der Waals surface area contributed by atoms with E-state index in [4.69, 9.17) is 23.2 Å². The molecular weight excluding hydrogens is 397 g/mol. The molecule has 0 spiro atoms. The summed E-state index contributed by atoms with van der Waals surface area (Å²) >= 11 is 12.7. The van der Waals surface area contributed by atoms with Gasteiger partial charge in [-0.1, -0.05) is 47.5 Å². The molecule has 1 aliphatic heterocycles. The number of aromatic nitrogens is 4. The van der Waals surface area contributed by atoms with Gasteiger partial charge in [0.25, 0.3) is 0 Å². The predicted molar refractivity (Wildman–Crippen MR) is 110 cm³/mol. The molecule has 5 rings (SSSR count). The van der Waals surface area contributed by atoms with Gasteiger partial charge in [-0.05, 0) is 30.7 Å². The fourth-order valence-corrected chi connectivity index (χ4v) is 4.23. The molecular formula is C20H15Cl2N5O. The third kappa shape index (κ3) is 2.60. The Kier molecular flexibility index (Phi) is 3.92. The number of imidazole rings is 1. The maximum absolute atomic E-state index is 12.5. The largest absolute Gasteiger partial charge is 0.322 e. The van der Waals surface area contributed by atoms with Gasteiger partial charge in [0.15, 0.2) is 0 Å². The molecule has 4 aromatic rings. The minimum atomic E-state index is -0.229. The first-order chi connectivity index (χ1) is 13.5. The number of anilines is 1. The summed E-state index contributed by atoms with van der Waals surface area (Å²) in [6.07, 6.45) is 0.278. The van der Waals surface area contributed by atoms with Crippen LogP contribution >= 0.6 is 23.2 Å². The molecule has 0 unspecified atom stereocenters. The van der Waals surface area contributed by atoms with Crippen LogP contribution in [0, 0.1) is 6.92 Å². The van der Waals surface area contributed by atoms with Crippen LogP contribution in [-0.2, 0) is 4.79 Å². The highest BCUT2D eigenvalue weighted by Gasteiger charge is 2.34. The number of para-hydroxylation sites is 2. The van der Waals surface area contributed by atoms with E-state index in [1.165, 1.54) is 0 Å². The summed E-state index contributed by atoms with van der Waals surface area (Å²) in [4.78, 5) is 20.4. The van der Waals surface area contributed by atoms with E-state index in [1.807, 2.05) is 43.3 Å². The van der Waals surface area contributed by atoms with Gasteiger partial charge < -0.3 is 10.3 Å². The Bertz CT molecular complexity index is 1210. The van der Waals surface area contributed by atoms with Crippen LogP contribution in [0.2, 0.25) is 10.0 Å². The molecule has 1 atom stereocenters. The molecule has 2 aromatic heterocycles. The number of amides is 1. The molecule has 0 fully saturated rings. The summed E-state index contributed by atoms with van der Waals surface area (Å²) in [7, 11) is 0. The maximum Gasteiger partial charge on any atom is 0.231 e. The van der Waals surface area contributed by atoms with E-state index in [9.17, 15) is 4.79 Å². The van der Waals surface area contributed by atoms with Crippen LogP contribution in [0.15, 0.2) is 42.5 Å². The van der Waals surface area contributed by atoms with Gasteiger partial charge in [-0.3, -0.25) is 4.79 Å². The molecule has 0 aliphatic carbocycles. The number of rotatable bonds is 2. The van der Waals surface area contributed by atoms with E-state index < -0.39 is 0 Å². The van der Waals surface area contributed by atoms with Crippen molar-refractivity contribution in [1.82, 2.24) is 19.7 Å². The Hall–Kier alpha value is -2.83. The van der Waals surface area contributed by atoms with Crippen LogP contribution in [0.1, 0.15) is 29.2 Å². The fourth-order valence-electron chi connectivity index (χ4n) is 3.80. The van der Waals surface area contributed by atoms with Gasteiger partial charge in [0.1, 0.15) is 5.82 Å². The summed E-state index contributed by atoms with van der Waals surface area (Å²) in [6, 6.07) is 13.2. The molecule has 0 radical (unpaired) electrons. The lowest BCUT2D eigenvalue weighted by Crippen LogP contribution is -2.25. The summed E-state index contributed by atoms with van der Waals surface area (Å²) in [5.41, 5.74) is 4.27. The number of hydrogen-bond acceptors (Lipinski definition) is 3. The SMILES string of the molecule is Cc1nn(-c2nc3ccccc3[nH]2)c2c1[C@H](c1cccc(Cl)c1Cl)CC(=O)N2. The van der Waals surface area contributed by atoms with E-state index in [-0.39, 0.29) is 18.2 Å². The monoisotopic (exact) mass is 411 g/mol. The van der Waals surface area contributed by atoms with Crippen molar-refractivity contribution in [3.05, 3.63) is 69.3 Å². The van der Waals surface area contributed by atoms with Crippen molar-refractivity contribution in [2.45, 2.75) is 19.3 Å². The van der Waals surface area contributed by atoms with Gasteiger partial charge in [-0.2, -0.15) is 9.78 Å². The molecule has 140 valence electrons. The number of aryl methyl sites for hydroxylation is 1. The lowest BCUT2D eigenvalue weighted by molar-refractivity contribution is -0.116. The van der Waals surface area contributed by atoms with Gasteiger partial charge in [-0.25, -0.2) is 4.98 Å². The van der Waals surface area contributed by atoms with Crippen LogP contribution in [-0.4, -0.2) is 25.7 Å². The molecule has 1 aliphatic rings. The summed E-state index contributed by atoms with van der Waals surface area (Å²) in [5.74, 6) is 0.816. The first-order valence-corrected chi connectivity index (χ1v) is 9.57. The van der Waals surface area contributed by atoms with Crippen LogP contribution in [0.4, 0.5) is 5.82 Å². The molecule has 8 heteroatoms. The first kappa shape index (κ1) is 17.3. The van der Waals surface area contributed by atoms with Gasteiger partial charge in [0.2, 0.25) is 11.9 Å². The highest BCUT2D eigenvalue weighted by atomic mass is 35.5. The Morgan fingerprint density at radius 2 is 1.96 bits per heavy atom. The van der Waals surface area contributed by atoms with Crippen molar-refractivity contribution in [3.8, 4) is 5.95 Å². The van der Waals surface area contributed by atoms with E-state index in [0.717, 1.165) is 27.9 Å². The normalized spacial score (nSPS) is 16.2. The minimum Gasteiger partial charge on any atom is -0.322 e. The number of hydrogen-bond donors (Lipinski definition) is 2. The number of benzene rings is 2. The molecule has 1 amide bonds. The van der Waals surface area contributed by atoms with Gasteiger partial charge >= 0.3 is 0 Å². The predicted octanol–water partition coefficient (Wildman–Crippen LogP) is 4.84.